The number of hydrogen-bond acceptors (Lipinski definition) is 4. The number of fused-ring (bicyclic) bond motifs is 1. The lowest BCUT2D eigenvalue weighted by Crippen LogP contribution is -2.31. The Bertz CT molecular complexity index is 1290. The molecule has 0 fully saturated rings. The van der Waals surface area contributed by atoms with Gasteiger partial charge >= 0.3 is 0 Å². The van der Waals surface area contributed by atoms with Gasteiger partial charge in [-0.25, -0.2) is 9.37 Å². The third-order valence-electron chi connectivity index (χ3n) is 5.10. The molecule has 1 unspecified atom stereocenters. The van der Waals surface area contributed by atoms with Crippen LogP contribution in [0.15, 0.2) is 64.0 Å². The number of furan rings is 1. The van der Waals surface area contributed by atoms with Crippen LogP contribution >= 0.6 is 0 Å². The Morgan fingerprint density at radius 1 is 1.16 bits per heavy atom. The summed E-state index contributed by atoms with van der Waals surface area (Å²) in [5.74, 6) is -0.0786. The molecule has 4 aromatic rings. The number of nitrogens with zero attached hydrogens (tertiary/aromatic N) is 1. The van der Waals surface area contributed by atoms with Gasteiger partial charge in [0.2, 0.25) is 5.91 Å². The van der Waals surface area contributed by atoms with Crippen molar-refractivity contribution < 1.29 is 13.6 Å². The zero-order valence-corrected chi connectivity index (χ0v) is 17.2. The van der Waals surface area contributed by atoms with Crippen molar-refractivity contribution in [1.82, 2.24) is 15.3 Å². The van der Waals surface area contributed by atoms with Crippen molar-refractivity contribution in [1.29, 1.82) is 0 Å². The number of nitrogens with one attached hydrogen (secondary N) is 2. The highest BCUT2D eigenvalue weighted by atomic mass is 19.1. The van der Waals surface area contributed by atoms with Crippen LogP contribution in [0.1, 0.15) is 34.3 Å². The first-order valence-electron chi connectivity index (χ1n) is 9.96. The second-order valence-electron chi connectivity index (χ2n) is 7.64. The Labute approximate surface area is 178 Å². The predicted molar refractivity (Wildman–Crippen MR) is 115 cm³/mol. The molecule has 2 aromatic heterocycles. The Morgan fingerprint density at radius 3 is 2.68 bits per heavy atom. The van der Waals surface area contributed by atoms with Crippen molar-refractivity contribution >= 4 is 16.9 Å². The highest BCUT2D eigenvalue weighted by Gasteiger charge is 2.18. The van der Waals surface area contributed by atoms with Gasteiger partial charge in [0.15, 0.2) is 0 Å². The highest BCUT2D eigenvalue weighted by Crippen LogP contribution is 2.24. The van der Waals surface area contributed by atoms with Crippen molar-refractivity contribution in [2.24, 2.45) is 0 Å². The molecule has 7 heteroatoms. The van der Waals surface area contributed by atoms with Crippen LogP contribution in [0, 0.1) is 19.7 Å². The molecule has 2 heterocycles. The van der Waals surface area contributed by atoms with E-state index in [0.29, 0.717) is 17.9 Å². The van der Waals surface area contributed by atoms with E-state index in [4.69, 9.17) is 4.42 Å². The highest BCUT2D eigenvalue weighted by molar-refractivity contribution is 5.88. The molecule has 0 saturated carbocycles. The van der Waals surface area contributed by atoms with Gasteiger partial charge in [0.05, 0.1) is 24.4 Å². The average Bonchev–Trinajstić information content (AvgIpc) is 3.09. The van der Waals surface area contributed by atoms with Gasteiger partial charge in [-0.3, -0.25) is 9.59 Å². The second-order valence-corrected chi connectivity index (χ2v) is 7.64. The molecule has 158 valence electrons. The maximum atomic E-state index is 13.4. The normalized spacial score (nSPS) is 12.1. The van der Waals surface area contributed by atoms with Crippen LogP contribution in [0.4, 0.5) is 4.39 Å². The maximum Gasteiger partial charge on any atom is 0.251 e. The van der Waals surface area contributed by atoms with Crippen molar-refractivity contribution in [2.45, 2.75) is 32.7 Å². The van der Waals surface area contributed by atoms with Crippen LogP contribution in [0.5, 0.6) is 0 Å². The molecule has 0 aliphatic rings. The van der Waals surface area contributed by atoms with Crippen LogP contribution in [0.3, 0.4) is 0 Å². The Hall–Kier alpha value is -3.74. The molecule has 2 N–H and O–H groups in total. The van der Waals surface area contributed by atoms with E-state index in [9.17, 15) is 14.0 Å². The van der Waals surface area contributed by atoms with Crippen LogP contribution in [0.2, 0.25) is 0 Å². The fourth-order valence-corrected chi connectivity index (χ4v) is 3.65. The minimum atomic E-state index is -0.470. The molecule has 1 atom stereocenters. The number of aryl methyl sites for hydroxylation is 2. The Morgan fingerprint density at radius 2 is 1.94 bits per heavy atom. The molecule has 0 aliphatic heterocycles. The number of aromatic nitrogens is 2. The third kappa shape index (κ3) is 4.88. The zero-order valence-electron chi connectivity index (χ0n) is 17.2. The van der Waals surface area contributed by atoms with Gasteiger partial charge in [-0.05, 0) is 43.2 Å². The van der Waals surface area contributed by atoms with Gasteiger partial charge < -0.3 is 14.7 Å². The topological polar surface area (TPSA) is 88.0 Å². The Balaban J connectivity index is 1.57. The molecule has 6 nitrogen and oxygen atoms in total. The van der Waals surface area contributed by atoms with Gasteiger partial charge in [0, 0.05) is 23.4 Å². The summed E-state index contributed by atoms with van der Waals surface area (Å²) in [7, 11) is 0. The lowest BCUT2D eigenvalue weighted by molar-refractivity contribution is -0.121. The van der Waals surface area contributed by atoms with Gasteiger partial charge in [-0.1, -0.05) is 24.3 Å². The monoisotopic (exact) mass is 419 g/mol. The van der Waals surface area contributed by atoms with Crippen LogP contribution < -0.4 is 10.9 Å². The molecule has 0 spiro atoms. The average molecular weight is 419 g/mol. The van der Waals surface area contributed by atoms with Gasteiger partial charge in [-0.2, -0.15) is 0 Å². The fraction of sp³-hybridized carbons (Fsp3) is 0.208. The minimum absolute atomic E-state index is 0.135. The number of carbonyl (C=O) groups is 1. The molecule has 0 aliphatic carbocycles. The molecule has 2 aromatic carbocycles. The van der Waals surface area contributed by atoms with Gasteiger partial charge in [0.1, 0.15) is 17.2 Å². The summed E-state index contributed by atoms with van der Waals surface area (Å²) in [4.78, 5) is 31.7. The molecule has 4 rings (SSSR count). The molecule has 31 heavy (non-hydrogen) atoms. The number of hydrogen-bond donors (Lipinski definition) is 2. The summed E-state index contributed by atoms with van der Waals surface area (Å²) < 4.78 is 19.0. The first kappa shape index (κ1) is 20.5. The van der Waals surface area contributed by atoms with Gasteiger partial charge in [0.25, 0.3) is 5.56 Å². The largest absolute Gasteiger partial charge is 0.464 e. The number of amides is 1. The smallest absolute Gasteiger partial charge is 0.251 e. The molecule has 0 bridgehead atoms. The summed E-state index contributed by atoms with van der Waals surface area (Å²) in [5, 5.41) is 3.89. The standard InChI is InChI=1S/C24H22FN3O3/c1-14-3-8-20-17(13-31-22(20)9-14)10-23(29)28-21(16-4-6-18(25)7-5-16)11-19-12-24(30)27-15(2)26-19/h3-9,12-13,21H,10-11H2,1-2H3,(H,28,29)(H,26,27,30). The van der Waals surface area contributed by atoms with Crippen molar-refractivity contribution in [2.75, 3.05) is 0 Å². The van der Waals surface area contributed by atoms with E-state index >= 15 is 0 Å². The Kier molecular flexibility index (Phi) is 5.66. The summed E-state index contributed by atoms with van der Waals surface area (Å²) in [6, 6.07) is 12.7. The van der Waals surface area contributed by atoms with E-state index in [2.05, 4.69) is 15.3 Å². The van der Waals surface area contributed by atoms with E-state index in [1.54, 1.807) is 25.3 Å². The molecular formula is C24H22FN3O3. The number of carbonyl (C=O) groups excluding carboxylic acids is 1. The fourth-order valence-electron chi connectivity index (χ4n) is 3.65. The quantitative estimate of drug-likeness (QED) is 0.496. The number of aromatic amines is 1. The number of halogens is 1. The lowest BCUT2D eigenvalue weighted by atomic mass is 10.0. The molecule has 0 saturated heterocycles. The number of H-pyrrole nitrogens is 1. The first-order valence-corrected chi connectivity index (χ1v) is 9.96. The second kappa shape index (κ2) is 8.55. The van der Waals surface area contributed by atoms with E-state index < -0.39 is 6.04 Å². The molecule has 0 radical (unpaired) electrons. The van der Waals surface area contributed by atoms with Crippen molar-refractivity contribution in [3.63, 3.8) is 0 Å². The third-order valence-corrected chi connectivity index (χ3v) is 5.10. The van der Waals surface area contributed by atoms with Gasteiger partial charge in [-0.15, -0.1) is 0 Å². The zero-order chi connectivity index (χ0) is 22.0. The minimum Gasteiger partial charge on any atom is -0.464 e. The van der Waals surface area contributed by atoms with E-state index in [0.717, 1.165) is 27.7 Å². The summed E-state index contributed by atoms with van der Waals surface area (Å²) in [6.45, 7) is 3.67. The van der Waals surface area contributed by atoms with Crippen LogP contribution in [-0.4, -0.2) is 15.9 Å². The van der Waals surface area contributed by atoms with Crippen LogP contribution in [0.25, 0.3) is 11.0 Å². The number of benzene rings is 2. The van der Waals surface area contributed by atoms with E-state index in [-0.39, 0.29) is 23.7 Å². The summed E-state index contributed by atoms with van der Waals surface area (Å²) >= 11 is 0. The number of rotatable bonds is 6. The summed E-state index contributed by atoms with van der Waals surface area (Å²) in [5.41, 5.74) is 3.61. The predicted octanol–water partition coefficient (Wildman–Crippen LogP) is 3.91. The SMILES string of the molecule is Cc1ccc2c(CC(=O)NC(Cc3cc(=O)[nH]c(C)n3)c3ccc(F)cc3)coc2c1. The maximum absolute atomic E-state index is 13.4. The first-order chi connectivity index (χ1) is 14.9. The van der Waals surface area contributed by atoms with E-state index in [1.807, 2.05) is 25.1 Å². The lowest BCUT2D eigenvalue weighted by Gasteiger charge is -2.19. The van der Waals surface area contributed by atoms with E-state index in [1.165, 1.54) is 18.2 Å². The molecular weight excluding hydrogens is 397 g/mol. The van der Waals surface area contributed by atoms with Crippen molar-refractivity contribution in [3.8, 4) is 0 Å². The van der Waals surface area contributed by atoms with Crippen LogP contribution in [-0.2, 0) is 17.6 Å². The molecule has 1 amide bonds. The van der Waals surface area contributed by atoms with Crippen molar-refractivity contribution in [3.05, 3.63) is 99.2 Å². The summed E-state index contributed by atoms with van der Waals surface area (Å²) in [6.07, 6.45) is 2.03.